The Morgan fingerprint density at radius 1 is 1.17 bits per heavy atom. The average Bonchev–Trinajstić information content (AvgIpc) is 3.41. The highest BCUT2D eigenvalue weighted by molar-refractivity contribution is 5.86. The number of aromatic amines is 1. The number of hydrogen-bond donors (Lipinski definition) is 3. The van der Waals surface area contributed by atoms with Gasteiger partial charge in [-0.25, -0.2) is 4.98 Å². The first kappa shape index (κ1) is 19.1. The van der Waals surface area contributed by atoms with Crippen molar-refractivity contribution >= 4 is 28.6 Å². The number of aliphatic hydroxyl groups excluding tert-OH is 1. The van der Waals surface area contributed by atoms with E-state index in [0.29, 0.717) is 45.9 Å². The third kappa shape index (κ3) is 3.46. The summed E-state index contributed by atoms with van der Waals surface area (Å²) in [6.07, 6.45) is 3.48. The van der Waals surface area contributed by atoms with Crippen LogP contribution < -0.4 is 24.4 Å². The van der Waals surface area contributed by atoms with Crippen LogP contribution in [0.1, 0.15) is 12.8 Å². The Bertz CT molecular complexity index is 983. The van der Waals surface area contributed by atoms with Crippen molar-refractivity contribution in [3.8, 4) is 17.2 Å². The Morgan fingerprint density at radius 3 is 2.59 bits per heavy atom. The SMILES string of the molecule is COc1cc(Nc2nc(N3CCCC3CO)nc3nc[nH]c23)cc(OC)c1OC. The van der Waals surface area contributed by atoms with Gasteiger partial charge in [0, 0.05) is 24.4 Å². The summed E-state index contributed by atoms with van der Waals surface area (Å²) in [6.45, 7) is 0.863. The number of imidazole rings is 1. The lowest BCUT2D eigenvalue weighted by Gasteiger charge is -2.23. The highest BCUT2D eigenvalue weighted by Crippen LogP contribution is 2.41. The fourth-order valence-corrected chi connectivity index (χ4v) is 3.62. The molecule has 0 aliphatic carbocycles. The van der Waals surface area contributed by atoms with Gasteiger partial charge in [0.15, 0.2) is 23.0 Å². The number of nitrogens with zero attached hydrogens (tertiary/aromatic N) is 4. The number of aromatic nitrogens is 4. The summed E-state index contributed by atoms with van der Waals surface area (Å²) in [5.74, 6) is 2.68. The first-order valence-corrected chi connectivity index (χ1v) is 9.34. The molecule has 29 heavy (non-hydrogen) atoms. The molecule has 154 valence electrons. The van der Waals surface area contributed by atoms with Crippen LogP contribution in [0.3, 0.4) is 0 Å². The molecule has 10 nitrogen and oxygen atoms in total. The number of fused-ring (bicyclic) bond motifs is 1. The van der Waals surface area contributed by atoms with Gasteiger partial charge >= 0.3 is 0 Å². The van der Waals surface area contributed by atoms with Crippen molar-refractivity contribution in [3.63, 3.8) is 0 Å². The fraction of sp³-hybridized carbons (Fsp3) is 0.421. The number of methoxy groups -OCH3 is 3. The van der Waals surface area contributed by atoms with E-state index in [9.17, 15) is 5.11 Å². The van der Waals surface area contributed by atoms with E-state index in [1.807, 2.05) is 4.90 Å². The maximum atomic E-state index is 9.67. The van der Waals surface area contributed by atoms with E-state index in [4.69, 9.17) is 19.2 Å². The summed E-state index contributed by atoms with van der Waals surface area (Å²) in [4.78, 5) is 18.7. The molecule has 3 N–H and O–H groups in total. The minimum atomic E-state index is 0.0143. The molecule has 10 heteroatoms. The van der Waals surface area contributed by atoms with E-state index in [1.54, 1.807) is 39.8 Å². The lowest BCUT2D eigenvalue weighted by Crippen LogP contribution is -2.33. The van der Waals surface area contributed by atoms with E-state index in [-0.39, 0.29) is 12.6 Å². The summed E-state index contributed by atoms with van der Waals surface area (Å²) in [5, 5.41) is 13.0. The first-order valence-electron chi connectivity index (χ1n) is 9.34. The number of hydrogen-bond acceptors (Lipinski definition) is 9. The van der Waals surface area contributed by atoms with Crippen LogP contribution >= 0.6 is 0 Å². The Morgan fingerprint density at radius 2 is 1.93 bits per heavy atom. The third-order valence-electron chi connectivity index (χ3n) is 5.05. The number of H-pyrrole nitrogens is 1. The molecule has 1 unspecified atom stereocenters. The van der Waals surface area contributed by atoms with Crippen molar-refractivity contribution < 1.29 is 19.3 Å². The molecule has 0 amide bonds. The van der Waals surface area contributed by atoms with Gasteiger partial charge in [-0.1, -0.05) is 0 Å². The van der Waals surface area contributed by atoms with Crippen molar-refractivity contribution in [2.75, 3.05) is 44.7 Å². The lowest BCUT2D eigenvalue weighted by molar-refractivity contribution is 0.265. The quantitative estimate of drug-likeness (QED) is 0.548. The van der Waals surface area contributed by atoms with Gasteiger partial charge in [-0.2, -0.15) is 9.97 Å². The van der Waals surface area contributed by atoms with E-state index < -0.39 is 0 Å². The predicted molar refractivity (Wildman–Crippen MR) is 109 cm³/mol. The van der Waals surface area contributed by atoms with E-state index >= 15 is 0 Å². The summed E-state index contributed by atoms with van der Waals surface area (Å²) in [6, 6.07) is 3.62. The molecule has 0 bridgehead atoms. The minimum absolute atomic E-state index is 0.0143. The van der Waals surface area contributed by atoms with Crippen LogP contribution in [0.25, 0.3) is 11.2 Å². The highest BCUT2D eigenvalue weighted by atomic mass is 16.5. The predicted octanol–water partition coefficient (Wildman–Crippen LogP) is 2.08. The lowest BCUT2D eigenvalue weighted by atomic mass is 10.2. The molecule has 1 fully saturated rings. The number of nitrogens with one attached hydrogen (secondary N) is 2. The van der Waals surface area contributed by atoms with E-state index in [1.165, 1.54) is 0 Å². The van der Waals surface area contributed by atoms with Crippen molar-refractivity contribution in [2.24, 2.45) is 0 Å². The molecule has 0 radical (unpaired) electrons. The summed E-state index contributed by atoms with van der Waals surface area (Å²) in [5.41, 5.74) is 1.94. The Labute approximate surface area is 167 Å². The van der Waals surface area contributed by atoms with E-state index in [2.05, 4.69) is 20.3 Å². The van der Waals surface area contributed by atoms with Crippen LogP contribution in [0, 0.1) is 0 Å². The van der Waals surface area contributed by atoms with Gasteiger partial charge in [0.25, 0.3) is 0 Å². The van der Waals surface area contributed by atoms with E-state index in [0.717, 1.165) is 19.4 Å². The smallest absolute Gasteiger partial charge is 0.229 e. The molecule has 2 aromatic heterocycles. The fourth-order valence-electron chi connectivity index (χ4n) is 3.62. The molecular formula is C19H24N6O4. The zero-order chi connectivity index (χ0) is 20.4. The van der Waals surface area contributed by atoms with Crippen molar-refractivity contribution in [2.45, 2.75) is 18.9 Å². The maximum Gasteiger partial charge on any atom is 0.229 e. The van der Waals surface area contributed by atoms with Gasteiger partial charge in [0.05, 0.1) is 40.3 Å². The second kappa shape index (κ2) is 8.00. The number of benzene rings is 1. The van der Waals surface area contributed by atoms with Gasteiger partial charge in [-0.05, 0) is 12.8 Å². The van der Waals surface area contributed by atoms with Gasteiger partial charge in [-0.3, -0.25) is 0 Å². The molecule has 0 spiro atoms. The van der Waals surface area contributed by atoms with Crippen LogP contribution in [0.4, 0.5) is 17.5 Å². The van der Waals surface area contributed by atoms with Gasteiger partial charge in [-0.15, -0.1) is 0 Å². The maximum absolute atomic E-state index is 9.67. The van der Waals surface area contributed by atoms with Crippen LogP contribution in [-0.2, 0) is 0 Å². The molecule has 1 aliphatic heterocycles. The molecule has 3 heterocycles. The summed E-state index contributed by atoms with van der Waals surface area (Å²) >= 11 is 0. The summed E-state index contributed by atoms with van der Waals surface area (Å²) in [7, 11) is 4.70. The Balaban J connectivity index is 1.75. The number of ether oxygens (including phenoxy) is 3. The van der Waals surface area contributed by atoms with Crippen LogP contribution in [0.5, 0.6) is 17.2 Å². The number of aliphatic hydroxyl groups is 1. The largest absolute Gasteiger partial charge is 0.493 e. The Kier molecular flexibility index (Phi) is 5.26. The minimum Gasteiger partial charge on any atom is -0.493 e. The topological polar surface area (TPSA) is 118 Å². The summed E-state index contributed by atoms with van der Waals surface area (Å²) < 4.78 is 16.2. The molecule has 4 rings (SSSR count). The molecule has 0 saturated carbocycles. The standard InChI is InChI=1S/C19H24N6O4/c1-27-13-7-11(8-14(28-2)16(13)29-3)22-18-15-17(21-10-20-15)23-19(24-18)25-6-4-5-12(25)9-26/h7-8,10,12,26H,4-6,9H2,1-3H3,(H2,20,21,22,23,24). The zero-order valence-electron chi connectivity index (χ0n) is 16.6. The number of rotatable bonds is 7. The van der Waals surface area contributed by atoms with Gasteiger partial charge < -0.3 is 34.5 Å². The Hall–Kier alpha value is -3.27. The second-order valence-electron chi connectivity index (χ2n) is 6.68. The van der Waals surface area contributed by atoms with Crippen LogP contribution in [-0.4, -0.2) is 65.6 Å². The molecule has 1 atom stereocenters. The molecule has 1 aromatic carbocycles. The monoisotopic (exact) mass is 400 g/mol. The first-order chi connectivity index (χ1) is 14.2. The molecular weight excluding hydrogens is 376 g/mol. The molecule has 3 aromatic rings. The van der Waals surface area contributed by atoms with Crippen LogP contribution in [0.2, 0.25) is 0 Å². The van der Waals surface area contributed by atoms with Crippen molar-refractivity contribution in [3.05, 3.63) is 18.5 Å². The van der Waals surface area contributed by atoms with Crippen molar-refractivity contribution in [1.29, 1.82) is 0 Å². The highest BCUT2D eigenvalue weighted by Gasteiger charge is 2.27. The normalized spacial score (nSPS) is 16.3. The average molecular weight is 400 g/mol. The molecule has 1 saturated heterocycles. The third-order valence-corrected chi connectivity index (χ3v) is 5.05. The number of anilines is 3. The van der Waals surface area contributed by atoms with Gasteiger partial charge in [0.2, 0.25) is 11.7 Å². The zero-order valence-corrected chi connectivity index (χ0v) is 16.6. The van der Waals surface area contributed by atoms with Crippen LogP contribution in [0.15, 0.2) is 18.5 Å². The molecule has 1 aliphatic rings. The van der Waals surface area contributed by atoms with Gasteiger partial charge in [0.1, 0.15) is 5.52 Å². The second-order valence-corrected chi connectivity index (χ2v) is 6.68. The van der Waals surface area contributed by atoms with Crippen molar-refractivity contribution in [1.82, 2.24) is 19.9 Å².